The zero-order valence-corrected chi connectivity index (χ0v) is 13.4. The second-order valence-corrected chi connectivity index (χ2v) is 6.85. The number of nitrogens with zero attached hydrogens (tertiary/aromatic N) is 2. The van der Waals surface area contributed by atoms with E-state index >= 15 is 0 Å². The van der Waals surface area contributed by atoms with E-state index in [0.717, 1.165) is 25.1 Å². The summed E-state index contributed by atoms with van der Waals surface area (Å²) >= 11 is 0. The summed E-state index contributed by atoms with van der Waals surface area (Å²) in [4.78, 5) is 26.6. The van der Waals surface area contributed by atoms with Crippen LogP contribution in [0.4, 0.5) is 0 Å². The lowest BCUT2D eigenvalue weighted by atomic mass is 9.82. The van der Waals surface area contributed by atoms with Crippen molar-refractivity contribution in [3.8, 4) is 0 Å². The van der Waals surface area contributed by atoms with E-state index in [2.05, 4.69) is 6.92 Å². The molecule has 2 aliphatic rings. The van der Waals surface area contributed by atoms with Crippen LogP contribution in [-0.4, -0.2) is 34.5 Å². The van der Waals surface area contributed by atoms with Gasteiger partial charge < -0.3 is 15.2 Å². The monoisotopic (exact) mass is 303 g/mol. The van der Waals surface area contributed by atoms with Crippen molar-refractivity contribution >= 4 is 5.91 Å². The van der Waals surface area contributed by atoms with Gasteiger partial charge in [0.1, 0.15) is 0 Å². The predicted octanol–water partition coefficient (Wildman–Crippen LogP) is 1.17. The van der Waals surface area contributed by atoms with Gasteiger partial charge in [0.05, 0.1) is 6.04 Å². The third-order valence-corrected chi connectivity index (χ3v) is 5.33. The number of amides is 1. The molecule has 0 saturated carbocycles. The standard InChI is InChI=1S/C17H25N3O2/c1-3-11(2)16(18)17(22)19-8-12-7-13(10-19)14-5-4-6-15(21)20(14)9-12/h4-6,11-13,16H,3,7-10,18H2,1-2H3/t11-,12-,13+,16-/m0/s1. The number of likely N-dealkylation sites (tertiary alicyclic amines) is 1. The highest BCUT2D eigenvalue weighted by atomic mass is 16.2. The van der Waals surface area contributed by atoms with Gasteiger partial charge in [-0.2, -0.15) is 0 Å². The first-order chi connectivity index (χ1) is 10.5. The van der Waals surface area contributed by atoms with E-state index in [4.69, 9.17) is 5.73 Å². The van der Waals surface area contributed by atoms with E-state index in [1.807, 2.05) is 28.5 Å². The largest absolute Gasteiger partial charge is 0.340 e. The Hall–Kier alpha value is -1.62. The zero-order chi connectivity index (χ0) is 15.9. The van der Waals surface area contributed by atoms with Crippen LogP contribution in [0.2, 0.25) is 0 Å². The highest BCUT2D eigenvalue weighted by molar-refractivity contribution is 5.82. The third kappa shape index (κ3) is 2.58. The molecule has 22 heavy (non-hydrogen) atoms. The molecule has 0 aromatic carbocycles. The zero-order valence-electron chi connectivity index (χ0n) is 13.4. The summed E-state index contributed by atoms with van der Waals surface area (Å²) in [5.74, 6) is 0.883. The maximum Gasteiger partial charge on any atom is 0.250 e. The van der Waals surface area contributed by atoms with Gasteiger partial charge in [-0.15, -0.1) is 0 Å². The molecule has 2 bridgehead atoms. The van der Waals surface area contributed by atoms with E-state index < -0.39 is 6.04 Å². The molecule has 0 aliphatic carbocycles. The number of carbonyl (C=O) groups is 1. The van der Waals surface area contributed by atoms with Crippen LogP contribution >= 0.6 is 0 Å². The molecular formula is C17H25N3O2. The highest BCUT2D eigenvalue weighted by Gasteiger charge is 2.37. The third-order valence-electron chi connectivity index (χ3n) is 5.33. The summed E-state index contributed by atoms with van der Waals surface area (Å²) in [6.45, 7) is 6.21. The Morgan fingerprint density at radius 3 is 2.86 bits per heavy atom. The second-order valence-electron chi connectivity index (χ2n) is 6.85. The molecule has 1 saturated heterocycles. The van der Waals surface area contributed by atoms with E-state index in [1.165, 1.54) is 0 Å². The second kappa shape index (κ2) is 5.88. The van der Waals surface area contributed by atoms with E-state index in [0.29, 0.717) is 19.0 Å². The van der Waals surface area contributed by atoms with E-state index in [-0.39, 0.29) is 23.3 Å². The molecule has 1 aromatic rings. The fourth-order valence-electron chi connectivity index (χ4n) is 3.78. The number of hydrogen-bond donors (Lipinski definition) is 1. The fraction of sp³-hybridized carbons (Fsp3) is 0.647. The number of pyridine rings is 1. The Morgan fingerprint density at radius 2 is 2.14 bits per heavy atom. The minimum absolute atomic E-state index is 0.0655. The molecule has 120 valence electrons. The van der Waals surface area contributed by atoms with Crippen LogP contribution in [0.25, 0.3) is 0 Å². The number of hydrogen-bond acceptors (Lipinski definition) is 3. The van der Waals surface area contributed by atoms with Gasteiger partial charge >= 0.3 is 0 Å². The normalized spacial score (nSPS) is 26.2. The summed E-state index contributed by atoms with van der Waals surface area (Å²) in [5, 5.41) is 0. The molecule has 0 radical (unpaired) electrons. The molecular weight excluding hydrogens is 278 g/mol. The summed E-state index contributed by atoms with van der Waals surface area (Å²) in [7, 11) is 0. The molecule has 1 amide bonds. The average Bonchev–Trinajstić information content (AvgIpc) is 2.53. The Labute approximate surface area is 131 Å². The van der Waals surface area contributed by atoms with Crippen molar-refractivity contribution in [2.24, 2.45) is 17.6 Å². The molecule has 2 N–H and O–H groups in total. The topological polar surface area (TPSA) is 68.3 Å². The lowest BCUT2D eigenvalue weighted by Gasteiger charge is -2.43. The average molecular weight is 303 g/mol. The van der Waals surface area contributed by atoms with Crippen LogP contribution in [0.1, 0.15) is 38.3 Å². The van der Waals surface area contributed by atoms with Gasteiger partial charge in [0.2, 0.25) is 5.91 Å². The van der Waals surface area contributed by atoms with Crippen LogP contribution in [-0.2, 0) is 11.3 Å². The number of rotatable bonds is 3. The molecule has 4 atom stereocenters. The first-order valence-electron chi connectivity index (χ1n) is 8.25. The molecule has 2 aliphatic heterocycles. The Bertz CT molecular complexity index is 625. The van der Waals surface area contributed by atoms with Gasteiger partial charge in [-0.3, -0.25) is 9.59 Å². The van der Waals surface area contributed by atoms with E-state index in [9.17, 15) is 9.59 Å². The first-order valence-corrected chi connectivity index (χ1v) is 8.25. The van der Waals surface area contributed by atoms with Crippen molar-refractivity contribution in [1.29, 1.82) is 0 Å². The molecule has 5 nitrogen and oxygen atoms in total. The number of fused-ring (bicyclic) bond motifs is 4. The van der Waals surface area contributed by atoms with Crippen molar-refractivity contribution in [1.82, 2.24) is 9.47 Å². The fourth-order valence-corrected chi connectivity index (χ4v) is 3.78. The van der Waals surface area contributed by atoms with Gasteiger partial charge in [-0.05, 0) is 24.3 Å². The van der Waals surface area contributed by atoms with Crippen LogP contribution in [0.5, 0.6) is 0 Å². The molecule has 5 heteroatoms. The summed E-state index contributed by atoms with van der Waals surface area (Å²) in [6, 6.07) is 5.04. The van der Waals surface area contributed by atoms with Crippen LogP contribution in [0.15, 0.2) is 23.0 Å². The van der Waals surface area contributed by atoms with Gasteiger partial charge in [0.15, 0.2) is 0 Å². The smallest absolute Gasteiger partial charge is 0.250 e. The summed E-state index contributed by atoms with van der Waals surface area (Å²) < 4.78 is 1.88. The Balaban J connectivity index is 1.82. The van der Waals surface area contributed by atoms with Crippen molar-refractivity contribution in [3.05, 3.63) is 34.2 Å². The minimum Gasteiger partial charge on any atom is -0.340 e. The molecule has 3 rings (SSSR count). The summed E-state index contributed by atoms with van der Waals surface area (Å²) in [6.07, 6.45) is 1.97. The van der Waals surface area contributed by atoms with Crippen molar-refractivity contribution < 1.29 is 4.79 Å². The van der Waals surface area contributed by atoms with Gasteiger partial charge in [0.25, 0.3) is 5.56 Å². The van der Waals surface area contributed by atoms with Crippen LogP contribution < -0.4 is 11.3 Å². The maximum absolute atomic E-state index is 12.6. The molecule has 0 spiro atoms. The molecule has 0 unspecified atom stereocenters. The predicted molar refractivity (Wildman–Crippen MR) is 85.6 cm³/mol. The van der Waals surface area contributed by atoms with Crippen molar-refractivity contribution in [2.45, 2.75) is 45.2 Å². The van der Waals surface area contributed by atoms with Gasteiger partial charge in [-0.1, -0.05) is 26.3 Å². The first kappa shape index (κ1) is 15.3. The SMILES string of the molecule is CC[C@H](C)[C@H](N)C(=O)N1C[C@@H]2C[C@H](C1)c1cccc(=O)n1C2. The van der Waals surface area contributed by atoms with E-state index in [1.54, 1.807) is 6.07 Å². The van der Waals surface area contributed by atoms with Gasteiger partial charge in [0, 0.05) is 37.3 Å². The quantitative estimate of drug-likeness (QED) is 0.911. The Morgan fingerprint density at radius 1 is 1.36 bits per heavy atom. The lowest BCUT2D eigenvalue weighted by Crippen LogP contribution is -2.54. The minimum atomic E-state index is -0.415. The van der Waals surface area contributed by atoms with Crippen LogP contribution in [0, 0.1) is 11.8 Å². The number of piperidine rings is 1. The number of carbonyl (C=O) groups excluding carboxylic acids is 1. The maximum atomic E-state index is 12.6. The van der Waals surface area contributed by atoms with Crippen molar-refractivity contribution in [2.75, 3.05) is 13.1 Å². The van der Waals surface area contributed by atoms with Crippen molar-refractivity contribution in [3.63, 3.8) is 0 Å². The number of aromatic nitrogens is 1. The molecule has 3 heterocycles. The lowest BCUT2D eigenvalue weighted by molar-refractivity contribution is -0.136. The highest BCUT2D eigenvalue weighted by Crippen LogP contribution is 2.35. The summed E-state index contributed by atoms with van der Waals surface area (Å²) in [5.41, 5.74) is 7.27. The van der Waals surface area contributed by atoms with Gasteiger partial charge in [-0.25, -0.2) is 0 Å². The molecule has 1 aromatic heterocycles. The molecule has 1 fully saturated rings. The number of nitrogens with two attached hydrogens (primary N) is 1. The Kier molecular flexibility index (Phi) is 4.08. The van der Waals surface area contributed by atoms with Crippen LogP contribution in [0.3, 0.4) is 0 Å².